The summed E-state index contributed by atoms with van der Waals surface area (Å²) in [5, 5.41) is 24.2. The van der Waals surface area contributed by atoms with Crippen LogP contribution in [0, 0.1) is 17.8 Å². The van der Waals surface area contributed by atoms with E-state index >= 15 is 0 Å². The van der Waals surface area contributed by atoms with Gasteiger partial charge in [0.2, 0.25) is 5.91 Å². The van der Waals surface area contributed by atoms with Crippen LogP contribution in [0.4, 0.5) is 0 Å². The standard InChI is InChI=1S/C27H48ClN5O4/c28-26-23-8-10-33(14-19(23)5-6-24(26)36-16-22-13-29-17-37-22)15-21(34)12-31-27(35)18-7-9-30-25(11-18)32-20-3-1-2-4-20/h18-26,29-30,32,34H,1-17H2,(H,31,35)/t18?,19?,21-,22?,23?,24?,25?,26?/m0/s1. The number of β-amino-alcohol motifs (C(OH)–C–C–N with tert-alkyl or cyclic N) is 1. The van der Waals surface area contributed by atoms with Crippen LogP contribution in [0.5, 0.6) is 0 Å². The van der Waals surface area contributed by atoms with Crippen LogP contribution in [0.2, 0.25) is 0 Å². The van der Waals surface area contributed by atoms with E-state index in [0.29, 0.717) is 44.3 Å². The van der Waals surface area contributed by atoms with Gasteiger partial charge in [-0.25, -0.2) is 0 Å². The van der Waals surface area contributed by atoms with E-state index in [4.69, 9.17) is 21.1 Å². The number of aliphatic hydroxyl groups is 1. The molecule has 3 aliphatic heterocycles. The molecule has 0 aromatic carbocycles. The second-order valence-electron chi connectivity index (χ2n) is 12.0. The smallest absolute Gasteiger partial charge is 0.223 e. The van der Waals surface area contributed by atoms with Gasteiger partial charge in [-0.15, -0.1) is 11.6 Å². The first-order chi connectivity index (χ1) is 18.0. The van der Waals surface area contributed by atoms with Crippen molar-refractivity contribution in [3.63, 3.8) is 0 Å². The van der Waals surface area contributed by atoms with Crippen LogP contribution in [0.1, 0.15) is 57.8 Å². The second kappa shape index (κ2) is 13.7. The molecule has 0 spiro atoms. The maximum atomic E-state index is 12.8. The zero-order chi connectivity index (χ0) is 25.6. The minimum atomic E-state index is -0.555. The van der Waals surface area contributed by atoms with Crippen molar-refractivity contribution in [3.05, 3.63) is 0 Å². The van der Waals surface area contributed by atoms with Crippen LogP contribution < -0.4 is 21.3 Å². The van der Waals surface area contributed by atoms with Crippen molar-refractivity contribution >= 4 is 17.5 Å². The minimum Gasteiger partial charge on any atom is -0.390 e. The summed E-state index contributed by atoms with van der Waals surface area (Å²) < 4.78 is 11.8. The van der Waals surface area contributed by atoms with Crippen molar-refractivity contribution < 1.29 is 19.4 Å². The second-order valence-corrected chi connectivity index (χ2v) is 12.5. The Labute approximate surface area is 227 Å². The first kappa shape index (κ1) is 28.0. The number of rotatable bonds is 10. The molecule has 5 aliphatic rings. The van der Waals surface area contributed by atoms with Crippen LogP contribution in [-0.2, 0) is 14.3 Å². The van der Waals surface area contributed by atoms with E-state index in [9.17, 15) is 9.90 Å². The van der Waals surface area contributed by atoms with Crippen molar-refractivity contribution in [2.75, 3.05) is 52.6 Å². The van der Waals surface area contributed by atoms with Gasteiger partial charge >= 0.3 is 0 Å². The summed E-state index contributed by atoms with van der Waals surface area (Å²) in [5.74, 6) is 1.10. The molecule has 9 nitrogen and oxygen atoms in total. The van der Waals surface area contributed by atoms with Gasteiger partial charge in [0.25, 0.3) is 0 Å². The molecule has 0 aromatic rings. The minimum absolute atomic E-state index is 0.0117. The highest BCUT2D eigenvalue weighted by atomic mass is 35.5. The number of nitrogens with zero attached hydrogens (tertiary/aromatic N) is 1. The fourth-order valence-electron chi connectivity index (χ4n) is 7.18. The van der Waals surface area contributed by atoms with E-state index in [1.165, 1.54) is 25.7 Å². The molecule has 2 saturated carbocycles. The Kier molecular flexibility index (Phi) is 10.4. The largest absolute Gasteiger partial charge is 0.390 e. The Balaban J connectivity index is 0.989. The van der Waals surface area contributed by atoms with Crippen LogP contribution in [0.3, 0.4) is 0 Å². The Morgan fingerprint density at radius 1 is 1.19 bits per heavy atom. The molecule has 0 aromatic heterocycles. The van der Waals surface area contributed by atoms with Crippen molar-refractivity contribution in [1.82, 2.24) is 26.2 Å². The molecule has 1 amide bonds. The fraction of sp³-hybridized carbons (Fsp3) is 0.963. The number of likely N-dealkylation sites (tertiary alicyclic amines) is 1. The molecule has 212 valence electrons. The lowest BCUT2D eigenvalue weighted by Crippen LogP contribution is -2.54. The van der Waals surface area contributed by atoms with Crippen LogP contribution >= 0.6 is 11.6 Å². The van der Waals surface area contributed by atoms with Crippen molar-refractivity contribution in [2.45, 2.75) is 93.7 Å². The number of alkyl halides is 1. The van der Waals surface area contributed by atoms with E-state index < -0.39 is 6.10 Å². The molecule has 5 rings (SSSR count). The molecule has 0 radical (unpaired) electrons. The summed E-state index contributed by atoms with van der Waals surface area (Å²) in [6.07, 6.45) is 9.80. The summed E-state index contributed by atoms with van der Waals surface area (Å²) in [7, 11) is 0. The number of nitrogens with one attached hydrogen (secondary N) is 4. The quantitative estimate of drug-likeness (QED) is 0.261. The van der Waals surface area contributed by atoms with E-state index in [1.54, 1.807) is 0 Å². The van der Waals surface area contributed by atoms with Gasteiger partial charge in [-0.1, -0.05) is 12.8 Å². The number of carbonyl (C=O) groups is 1. The summed E-state index contributed by atoms with van der Waals surface area (Å²) in [5.41, 5.74) is 0. The maximum Gasteiger partial charge on any atom is 0.223 e. The predicted octanol–water partition coefficient (Wildman–Crippen LogP) is 0.992. The highest BCUT2D eigenvalue weighted by Gasteiger charge is 2.42. The molecule has 37 heavy (non-hydrogen) atoms. The third kappa shape index (κ3) is 7.78. The third-order valence-electron chi connectivity index (χ3n) is 9.30. The zero-order valence-corrected chi connectivity index (χ0v) is 23.0. The number of halogens is 1. The molecule has 3 heterocycles. The molecular weight excluding hydrogens is 494 g/mol. The summed E-state index contributed by atoms with van der Waals surface area (Å²) in [6, 6.07) is 0.589. The zero-order valence-electron chi connectivity index (χ0n) is 22.2. The molecule has 10 heteroatoms. The summed E-state index contributed by atoms with van der Waals surface area (Å²) >= 11 is 6.91. The summed E-state index contributed by atoms with van der Waals surface area (Å²) in [6.45, 7) is 5.73. The molecule has 8 atom stereocenters. The molecule has 0 bridgehead atoms. The molecule has 3 saturated heterocycles. The van der Waals surface area contributed by atoms with Gasteiger partial charge in [-0.3, -0.25) is 15.4 Å². The monoisotopic (exact) mass is 541 g/mol. The van der Waals surface area contributed by atoms with E-state index in [0.717, 1.165) is 58.3 Å². The molecular formula is C27H48ClN5O4. The number of ether oxygens (including phenoxy) is 2. The molecule has 2 aliphatic carbocycles. The first-order valence-corrected chi connectivity index (χ1v) is 15.2. The van der Waals surface area contributed by atoms with Crippen LogP contribution in [0.15, 0.2) is 0 Å². The lowest BCUT2D eigenvalue weighted by molar-refractivity contribution is -0.126. The number of hydrogen-bond acceptors (Lipinski definition) is 8. The Morgan fingerprint density at radius 2 is 2.05 bits per heavy atom. The number of carbonyl (C=O) groups excluding carboxylic acids is 1. The fourth-order valence-corrected chi connectivity index (χ4v) is 7.71. The summed E-state index contributed by atoms with van der Waals surface area (Å²) in [4.78, 5) is 15.2. The van der Waals surface area contributed by atoms with E-state index in [-0.39, 0.29) is 35.6 Å². The van der Waals surface area contributed by atoms with Gasteiger partial charge in [0.15, 0.2) is 0 Å². The normalized spacial score (nSPS) is 38.4. The predicted molar refractivity (Wildman–Crippen MR) is 143 cm³/mol. The first-order valence-electron chi connectivity index (χ1n) is 14.8. The van der Waals surface area contributed by atoms with Crippen LogP contribution in [-0.4, -0.2) is 104 Å². The van der Waals surface area contributed by atoms with Gasteiger partial charge in [-0.05, 0) is 69.9 Å². The van der Waals surface area contributed by atoms with Crippen molar-refractivity contribution in [1.29, 1.82) is 0 Å². The number of piperidine rings is 2. The Hall–Kier alpha value is -0.520. The van der Waals surface area contributed by atoms with Crippen molar-refractivity contribution in [2.24, 2.45) is 17.8 Å². The van der Waals surface area contributed by atoms with E-state index in [2.05, 4.69) is 26.2 Å². The van der Waals surface area contributed by atoms with Crippen molar-refractivity contribution in [3.8, 4) is 0 Å². The topological polar surface area (TPSA) is 107 Å². The van der Waals surface area contributed by atoms with Gasteiger partial charge in [0.1, 0.15) is 0 Å². The lowest BCUT2D eigenvalue weighted by Gasteiger charge is -2.46. The highest BCUT2D eigenvalue weighted by Crippen LogP contribution is 2.40. The Bertz CT molecular complexity index is 723. The van der Waals surface area contributed by atoms with E-state index in [1.807, 2.05) is 0 Å². The lowest BCUT2D eigenvalue weighted by atomic mass is 9.73. The maximum absolute atomic E-state index is 12.8. The highest BCUT2D eigenvalue weighted by molar-refractivity contribution is 6.21. The number of amides is 1. The number of fused-ring (bicyclic) bond motifs is 1. The number of aliphatic hydroxyl groups excluding tert-OH is 1. The van der Waals surface area contributed by atoms with Gasteiger partial charge < -0.3 is 30.1 Å². The molecule has 5 fully saturated rings. The molecule has 7 unspecified atom stereocenters. The van der Waals surface area contributed by atoms with Crippen LogP contribution in [0.25, 0.3) is 0 Å². The average Bonchev–Trinajstić information content (AvgIpc) is 3.62. The molecule has 5 N–H and O–H groups in total. The average molecular weight is 542 g/mol. The Morgan fingerprint density at radius 3 is 2.86 bits per heavy atom. The van der Waals surface area contributed by atoms with Gasteiger partial charge in [0, 0.05) is 38.1 Å². The third-order valence-corrected chi connectivity index (χ3v) is 9.90. The number of hydrogen-bond donors (Lipinski definition) is 5. The van der Waals surface area contributed by atoms with Gasteiger partial charge in [-0.2, -0.15) is 0 Å². The SMILES string of the molecule is O=C(NC[C@H](O)CN1CCC2C(CCC(OCC3CNCO3)C2Cl)C1)C1CCNC(NC2CCCC2)C1. The van der Waals surface area contributed by atoms with Gasteiger partial charge in [0.05, 0.1) is 43.2 Å².